The molecule has 0 amide bonds. The summed E-state index contributed by atoms with van der Waals surface area (Å²) in [6.45, 7) is 6.67. The smallest absolute Gasteiger partial charge is 0.133 e. The Morgan fingerprint density at radius 2 is 1.89 bits per heavy atom. The third-order valence-corrected chi connectivity index (χ3v) is 4.12. The van der Waals surface area contributed by atoms with Crippen LogP contribution in [-0.2, 0) is 5.88 Å². The largest absolute Gasteiger partial charge is 0.356 e. The number of pyridine rings is 1. The molecule has 3 heteroatoms. The van der Waals surface area contributed by atoms with Crippen LogP contribution in [0.3, 0.4) is 0 Å². The van der Waals surface area contributed by atoms with Gasteiger partial charge in [-0.1, -0.05) is 32.0 Å². The minimum atomic E-state index is 0.427. The third kappa shape index (κ3) is 2.84. The van der Waals surface area contributed by atoms with Crippen LogP contribution in [0, 0.1) is 5.92 Å². The number of hydrogen-bond donors (Lipinski definition) is 0. The van der Waals surface area contributed by atoms with E-state index in [9.17, 15) is 0 Å². The van der Waals surface area contributed by atoms with E-state index < -0.39 is 0 Å². The van der Waals surface area contributed by atoms with Gasteiger partial charge in [-0.05, 0) is 25.0 Å². The molecule has 2 nitrogen and oxygen atoms in total. The van der Waals surface area contributed by atoms with Crippen molar-refractivity contribution in [2.45, 2.75) is 32.7 Å². The lowest BCUT2D eigenvalue weighted by Crippen LogP contribution is -2.34. The number of halogens is 1. The van der Waals surface area contributed by atoms with Crippen molar-refractivity contribution in [3.8, 4) is 0 Å². The zero-order valence-corrected chi connectivity index (χ0v) is 12.8. The molecule has 0 aliphatic carbocycles. The highest BCUT2D eigenvalue weighted by Crippen LogP contribution is 2.26. The molecular weight excluding hydrogens is 256 g/mol. The minimum absolute atomic E-state index is 0.427. The number of nitrogens with zero attached hydrogens (tertiary/aromatic N) is 2. The number of rotatable bonds is 4. The average Bonchev–Trinajstić information content (AvgIpc) is 2.44. The van der Waals surface area contributed by atoms with E-state index >= 15 is 0 Å². The molecule has 0 radical (unpaired) electrons. The molecule has 2 aromatic rings. The molecule has 0 N–H and O–H groups in total. The fourth-order valence-electron chi connectivity index (χ4n) is 2.19. The predicted octanol–water partition coefficient (Wildman–Crippen LogP) is 4.45. The van der Waals surface area contributed by atoms with Crippen LogP contribution >= 0.6 is 11.6 Å². The molecule has 1 unspecified atom stereocenters. The topological polar surface area (TPSA) is 16.1 Å². The molecule has 0 aliphatic heterocycles. The Balaban J connectivity index is 2.51. The SMILES string of the molecule is CC(C)C(C)N(C)c1nc2ccccc2cc1CCl. The van der Waals surface area contributed by atoms with Crippen molar-refractivity contribution in [1.82, 2.24) is 4.98 Å². The number of hydrogen-bond acceptors (Lipinski definition) is 2. The number of fused-ring (bicyclic) bond motifs is 1. The highest BCUT2D eigenvalue weighted by Gasteiger charge is 2.18. The summed E-state index contributed by atoms with van der Waals surface area (Å²) in [5, 5.41) is 1.15. The molecule has 1 atom stereocenters. The molecule has 19 heavy (non-hydrogen) atoms. The van der Waals surface area contributed by atoms with Crippen LogP contribution in [0.5, 0.6) is 0 Å². The second kappa shape index (κ2) is 5.79. The standard InChI is InChI=1S/C16H21ClN2/c1-11(2)12(3)19(4)16-14(10-17)9-13-7-5-6-8-15(13)18-16/h5-9,11-12H,10H2,1-4H3. The normalized spacial score (nSPS) is 12.9. The van der Waals surface area contributed by atoms with E-state index in [4.69, 9.17) is 16.6 Å². The van der Waals surface area contributed by atoms with E-state index in [1.807, 2.05) is 18.2 Å². The summed E-state index contributed by atoms with van der Waals surface area (Å²) < 4.78 is 0. The quantitative estimate of drug-likeness (QED) is 0.767. The van der Waals surface area contributed by atoms with Crippen molar-refractivity contribution in [1.29, 1.82) is 0 Å². The first kappa shape index (κ1) is 14.1. The van der Waals surface area contributed by atoms with E-state index in [0.29, 0.717) is 17.8 Å². The summed E-state index contributed by atoms with van der Waals surface area (Å²) in [6, 6.07) is 10.7. The first-order valence-electron chi connectivity index (χ1n) is 6.72. The minimum Gasteiger partial charge on any atom is -0.356 e. The van der Waals surface area contributed by atoms with Gasteiger partial charge in [-0.2, -0.15) is 0 Å². The van der Waals surface area contributed by atoms with Crippen molar-refractivity contribution in [3.05, 3.63) is 35.9 Å². The number of benzene rings is 1. The molecule has 1 aromatic carbocycles. The lowest BCUT2D eigenvalue weighted by atomic mass is 10.0. The molecule has 0 spiro atoms. The van der Waals surface area contributed by atoms with Crippen LogP contribution in [0.15, 0.2) is 30.3 Å². The number of anilines is 1. The Labute approximate surface area is 120 Å². The van der Waals surface area contributed by atoms with Crippen LogP contribution in [0.2, 0.25) is 0 Å². The van der Waals surface area contributed by atoms with Crippen molar-refractivity contribution in [3.63, 3.8) is 0 Å². The summed E-state index contributed by atoms with van der Waals surface area (Å²) in [7, 11) is 2.10. The molecular formula is C16H21ClN2. The number of aromatic nitrogens is 1. The van der Waals surface area contributed by atoms with Gasteiger partial charge in [0.1, 0.15) is 5.82 Å². The van der Waals surface area contributed by atoms with Crippen molar-refractivity contribution in [2.75, 3.05) is 11.9 Å². The maximum atomic E-state index is 6.09. The summed E-state index contributed by atoms with van der Waals surface area (Å²) in [5.41, 5.74) is 2.12. The maximum absolute atomic E-state index is 6.09. The summed E-state index contributed by atoms with van der Waals surface area (Å²) in [6.07, 6.45) is 0. The molecule has 1 heterocycles. The van der Waals surface area contributed by atoms with Crippen LogP contribution < -0.4 is 4.90 Å². The van der Waals surface area contributed by atoms with Gasteiger partial charge in [0.25, 0.3) is 0 Å². The molecule has 0 saturated heterocycles. The van der Waals surface area contributed by atoms with Crippen LogP contribution in [-0.4, -0.2) is 18.1 Å². The summed E-state index contributed by atoms with van der Waals surface area (Å²) in [5.74, 6) is 2.05. The Morgan fingerprint density at radius 1 is 1.21 bits per heavy atom. The Bertz CT molecular complexity index is 566. The van der Waals surface area contributed by atoms with E-state index in [-0.39, 0.29) is 0 Å². The highest BCUT2D eigenvalue weighted by atomic mass is 35.5. The van der Waals surface area contributed by atoms with Gasteiger partial charge in [-0.25, -0.2) is 4.98 Å². The molecule has 2 rings (SSSR count). The van der Waals surface area contributed by atoms with Crippen molar-refractivity contribution >= 4 is 28.3 Å². The lowest BCUT2D eigenvalue weighted by molar-refractivity contribution is 0.502. The second-order valence-corrected chi connectivity index (χ2v) is 5.66. The fourth-order valence-corrected chi connectivity index (χ4v) is 2.39. The average molecular weight is 277 g/mol. The molecule has 0 aliphatic rings. The Morgan fingerprint density at radius 3 is 2.53 bits per heavy atom. The number of para-hydroxylation sites is 1. The first-order valence-corrected chi connectivity index (χ1v) is 7.25. The number of alkyl halides is 1. The van der Waals surface area contributed by atoms with Crippen LogP contribution in [0.25, 0.3) is 10.9 Å². The Kier molecular flexibility index (Phi) is 4.31. The molecule has 1 aromatic heterocycles. The van der Waals surface area contributed by atoms with Crippen molar-refractivity contribution in [2.24, 2.45) is 5.92 Å². The van der Waals surface area contributed by atoms with Crippen LogP contribution in [0.4, 0.5) is 5.82 Å². The third-order valence-electron chi connectivity index (χ3n) is 3.83. The molecule has 102 valence electrons. The maximum Gasteiger partial charge on any atom is 0.133 e. The van der Waals surface area contributed by atoms with E-state index in [0.717, 1.165) is 22.3 Å². The van der Waals surface area contributed by atoms with Crippen LogP contribution in [0.1, 0.15) is 26.3 Å². The molecule has 0 bridgehead atoms. The van der Waals surface area contributed by atoms with Gasteiger partial charge in [0, 0.05) is 24.0 Å². The van der Waals surface area contributed by atoms with Gasteiger partial charge in [0.15, 0.2) is 0 Å². The zero-order chi connectivity index (χ0) is 14.0. The van der Waals surface area contributed by atoms with Gasteiger partial charge in [0.2, 0.25) is 0 Å². The lowest BCUT2D eigenvalue weighted by Gasteiger charge is -2.30. The second-order valence-electron chi connectivity index (χ2n) is 5.39. The van der Waals surface area contributed by atoms with Gasteiger partial charge in [-0.3, -0.25) is 0 Å². The zero-order valence-electron chi connectivity index (χ0n) is 12.0. The fraction of sp³-hybridized carbons (Fsp3) is 0.438. The van der Waals surface area contributed by atoms with Gasteiger partial charge >= 0.3 is 0 Å². The molecule has 0 saturated carbocycles. The van der Waals surface area contributed by atoms with Gasteiger partial charge < -0.3 is 4.90 Å². The van der Waals surface area contributed by atoms with Gasteiger partial charge in [0.05, 0.1) is 11.4 Å². The van der Waals surface area contributed by atoms with E-state index in [2.05, 4.69) is 44.9 Å². The molecule has 0 fully saturated rings. The highest BCUT2D eigenvalue weighted by molar-refractivity contribution is 6.17. The van der Waals surface area contributed by atoms with Gasteiger partial charge in [-0.15, -0.1) is 11.6 Å². The summed E-state index contributed by atoms with van der Waals surface area (Å²) >= 11 is 6.09. The summed E-state index contributed by atoms with van der Waals surface area (Å²) in [4.78, 5) is 7.02. The van der Waals surface area contributed by atoms with E-state index in [1.54, 1.807) is 0 Å². The predicted molar refractivity (Wildman–Crippen MR) is 84.0 cm³/mol. The van der Waals surface area contributed by atoms with Crippen molar-refractivity contribution < 1.29 is 0 Å². The first-order chi connectivity index (χ1) is 9.04. The monoisotopic (exact) mass is 276 g/mol. The van der Waals surface area contributed by atoms with E-state index in [1.165, 1.54) is 0 Å². The Hall–Kier alpha value is -1.28.